The Morgan fingerprint density at radius 1 is 0.976 bits per heavy atom. The lowest BCUT2D eigenvalue weighted by molar-refractivity contribution is -0.121. The van der Waals surface area contributed by atoms with E-state index in [1.54, 1.807) is 14.2 Å². The Morgan fingerprint density at radius 2 is 1.68 bits per heavy atom. The van der Waals surface area contributed by atoms with Gasteiger partial charge in [0.2, 0.25) is 5.91 Å². The van der Waals surface area contributed by atoms with Gasteiger partial charge in [0.05, 0.1) is 38.2 Å². The molecule has 1 amide bonds. The van der Waals surface area contributed by atoms with Crippen molar-refractivity contribution in [3.8, 4) is 11.5 Å². The van der Waals surface area contributed by atoms with Crippen molar-refractivity contribution in [2.75, 3.05) is 31.0 Å². The molecule has 0 saturated carbocycles. The summed E-state index contributed by atoms with van der Waals surface area (Å²) in [6.45, 7) is 4.32. The molecule has 3 aliphatic rings. The number of nitrogens with zero attached hydrogens (tertiary/aromatic N) is 1. The standard InChI is InChI=1S/C34H37N3O4/c1-34(2)18-27-32(29(38)19-34)33(25-17-24(40-3)13-14-30(25)41-4)37(28-12-8-7-11-26(28)36-27)20-31(39)35-23-15-21-9-5-6-10-22(21)16-23/h5-14,17,23,33,36H,15-16,18-20H2,1-4H3,(H,35,39). The average molecular weight is 552 g/mol. The summed E-state index contributed by atoms with van der Waals surface area (Å²) in [4.78, 5) is 29.9. The lowest BCUT2D eigenvalue weighted by atomic mass is 9.73. The number of Topliss-reactive ketones (excluding diaryl/α,β-unsaturated/α-hetero) is 1. The normalized spacial score (nSPS) is 19.5. The van der Waals surface area contributed by atoms with Gasteiger partial charge >= 0.3 is 0 Å². The quantitative estimate of drug-likeness (QED) is 0.415. The Kier molecular flexibility index (Phi) is 6.98. The van der Waals surface area contributed by atoms with Crippen LogP contribution in [-0.2, 0) is 22.4 Å². The van der Waals surface area contributed by atoms with E-state index in [9.17, 15) is 9.59 Å². The van der Waals surface area contributed by atoms with E-state index in [4.69, 9.17) is 9.47 Å². The third kappa shape index (κ3) is 5.17. The largest absolute Gasteiger partial charge is 0.497 e. The van der Waals surface area contributed by atoms with Crippen LogP contribution in [0.15, 0.2) is 78.0 Å². The molecule has 0 bridgehead atoms. The highest BCUT2D eigenvalue weighted by atomic mass is 16.5. The first kappa shape index (κ1) is 26.9. The number of methoxy groups -OCH3 is 2. The summed E-state index contributed by atoms with van der Waals surface area (Å²) in [6.07, 6.45) is 2.77. The van der Waals surface area contributed by atoms with E-state index in [2.05, 4.69) is 41.5 Å². The van der Waals surface area contributed by atoms with Gasteiger partial charge in [-0.1, -0.05) is 50.2 Å². The van der Waals surface area contributed by atoms with Crippen LogP contribution in [0.5, 0.6) is 11.5 Å². The number of amides is 1. The predicted molar refractivity (Wildman–Crippen MR) is 161 cm³/mol. The van der Waals surface area contributed by atoms with E-state index >= 15 is 0 Å². The SMILES string of the molecule is COc1ccc(OC)c(C2C3=C(CC(C)(C)CC3=O)Nc3ccccc3N2CC(=O)NC2Cc3ccccc3C2)c1. The summed E-state index contributed by atoms with van der Waals surface area (Å²) in [7, 11) is 3.25. The van der Waals surface area contributed by atoms with Gasteiger partial charge in [-0.2, -0.15) is 0 Å². The maximum absolute atomic E-state index is 14.0. The highest BCUT2D eigenvalue weighted by Gasteiger charge is 2.43. The fraction of sp³-hybridized carbons (Fsp3) is 0.353. The van der Waals surface area contributed by atoms with Crippen LogP contribution in [0.3, 0.4) is 0 Å². The van der Waals surface area contributed by atoms with E-state index in [-0.39, 0.29) is 29.7 Å². The molecule has 41 heavy (non-hydrogen) atoms. The molecule has 1 unspecified atom stereocenters. The van der Waals surface area contributed by atoms with E-state index < -0.39 is 6.04 Å². The molecular formula is C34H37N3O4. The van der Waals surface area contributed by atoms with Crippen molar-refractivity contribution >= 4 is 23.1 Å². The molecule has 0 saturated heterocycles. The number of allylic oxidation sites excluding steroid dienone is 1. The van der Waals surface area contributed by atoms with E-state index in [1.165, 1.54) is 11.1 Å². The second kappa shape index (κ2) is 10.6. The molecule has 0 fully saturated rings. The molecule has 1 aliphatic heterocycles. The predicted octanol–water partition coefficient (Wildman–Crippen LogP) is 5.60. The van der Waals surface area contributed by atoms with E-state index in [0.717, 1.165) is 35.5 Å². The highest BCUT2D eigenvalue weighted by Crippen LogP contribution is 2.50. The van der Waals surface area contributed by atoms with Gasteiger partial charge in [-0.05, 0) is 66.1 Å². The van der Waals surface area contributed by atoms with Gasteiger partial charge < -0.3 is 25.0 Å². The molecule has 0 aromatic heterocycles. The van der Waals surface area contributed by atoms with Gasteiger partial charge in [0.25, 0.3) is 0 Å². The van der Waals surface area contributed by atoms with Crippen molar-refractivity contribution in [3.63, 3.8) is 0 Å². The molecule has 0 radical (unpaired) electrons. The zero-order valence-corrected chi connectivity index (χ0v) is 24.1. The minimum atomic E-state index is -0.554. The Bertz CT molecular complexity index is 1520. The van der Waals surface area contributed by atoms with Crippen LogP contribution in [0.25, 0.3) is 0 Å². The third-order valence-electron chi connectivity index (χ3n) is 8.47. The maximum atomic E-state index is 14.0. The number of nitrogens with one attached hydrogen (secondary N) is 2. The van der Waals surface area contributed by atoms with Gasteiger partial charge in [-0.15, -0.1) is 0 Å². The molecule has 212 valence electrons. The van der Waals surface area contributed by atoms with Gasteiger partial charge in [-0.25, -0.2) is 0 Å². The molecule has 2 aliphatic carbocycles. The molecule has 0 spiro atoms. The molecule has 1 atom stereocenters. The van der Waals surface area contributed by atoms with Gasteiger partial charge in [-0.3, -0.25) is 9.59 Å². The lowest BCUT2D eigenvalue weighted by Crippen LogP contribution is -2.45. The summed E-state index contributed by atoms with van der Waals surface area (Å²) in [6, 6.07) is 21.4. The van der Waals surface area contributed by atoms with Crippen LogP contribution < -0.4 is 25.0 Å². The number of benzene rings is 3. The monoisotopic (exact) mass is 551 g/mol. The summed E-state index contributed by atoms with van der Waals surface area (Å²) in [5.41, 5.74) is 6.45. The lowest BCUT2D eigenvalue weighted by Gasteiger charge is -2.38. The molecule has 3 aromatic rings. The van der Waals surface area contributed by atoms with Crippen molar-refractivity contribution in [3.05, 3.63) is 94.7 Å². The number of rotatable bonds is 6. The van der Waals surface area contributed by atoms with Crippen LogP contribution in [-0.4, -0.2) is 38.5 Å². The van der Waals surface area contributed by atoms with Crippen LogP contribution in [0.4, 0.5) is 11.4 Å². The minimum absolute atomic E-state index is 0.0388. The molecule has 3 aromatic carbocycles. The average Bonchev–Trinajstić information content (AvgIpc) is 3.30. The first-order valence-corrected chi connectivity index (χ1v) is 14.2. The fourth-order valence-electron chi connectivity index (χ4n) is 6.69. The van der Waals surface area contributed by atoms with Crippen molar-refractivity contribution in [2.24, 2.45) is 5.41 Å². The fourth-order valence-corrected chi connectivity index (χ4v) is 6.69. The number of ketones is 1. The number of hydrogen-bond donors (Lipinski definition) is 2. The van der Waals surface area contributed by atoms with Crippen molar-refractivity contribution < 1.29 is 19.1 Å². The van der Waals surface area contributed by atoms with Crippen molar-refractivity contribution in [1.82, 2.24) is 5.32 Å². The third-order valence-corrected chi connectivity index (χ3v) is 8.47. The first-order valence-electron chi connectivity index (χ1n) is 14.2. The topological polar surface area (TPSA) is 79.9 Å². The van der Waals surface area contributed by atoms with Crippen LogP contribution in [0.2, 0.25) is 0 Å². The van der Waals surface area contributed by atoms with Crippen molar-refractivity contribution in [1.29, 1.82) is 0 Å². The molecule has 1 heterocycles. The van der Waals surface area contributed by atoms with Gasteiger partial charge in [0.1, 0.15) is 11.5 Å². The molecule has 7 heteroatoms. The number of carbonyl (C=O) groups is 2. The Hall–Kier alpha value is -4.26. The van der Waals surface area contributed by atoms with Crippen LogP contribution >= 0.6 is 0 Å². The van der Waals surface area contributed by atoms with Gasteiger partial charge in [0.15, 0.2) is 5.78 Å². The van der Waals surface area contributed by atoms with E-state index in [1.807, 2.05) is 54.6 Å². The second-order valence-electron chi connectivity index (χ2n) is 12.1. The Labute approximate surface area is 241 Å². The summed E-state index contributed by atoms with van der Waals surface area (Å²) in [5.74, 6) is 1.28. The molecular weight excluding hydrogens is 514 g/mol. The molecule has 2 N–H and O–H groups in total. The number of carbonyl (C=O) groups excluding carboxylic acids is 2. The van der Waals surface area contributed by atoms with Gasteiger partial charge in [0, 0.05) is 29.3 Å². The minimum Gasteiger partial charge on any atom is -0.497 e. The number of ether oxygens (including phenoxy) is 2. The summed E-state index contributed by atoms with van der Waals surface area (Å²) in [5, 5.41) is 6.90. The zero-order valence-electron chi connectivity index (χ0n) is 24.1. The number of anilines is 2. The summed E-state index contributed by atoms with van der Waals surface area (Å²) < 4.78 is 11.5. The second-order valence-corrected chi connectivity index (χ2v) is 12.1. The van der Waals surface area contributed by atoms with Crippen LogP contribution in [0, 0.1) is 5.41 Å². The first-order chi connectivity index (χ1) is 19.8. The highest BCUT2D eigenvalue weighted by molar-refractivity contribution is 6.02. The van der Waals surface area contributed by atoms with E-state index in [0.29, 0.717) is 29.9 Å². The Morgan fingerprint density at radius 3 is 2.39 bits per heavy atom. The number of hydrogen-bond acceptors (Lipinski definition) is 6. The maximum Gasteiger partial charge on any atom is 0.239 e. The number of fused-ring (bicyclic) bond motifs is 2. The van der Waals surface area contributed by atoms with Crippen LogP contribution in [0.1, 0.15) is 49.4 Å². The smallest absolute Gasteiger partial charge is 0.239 e. The molecule has 7 nitrogen and oxygen atoms in total. The molecule has 6 rings (SSSR count). The summed E-state index contributed by atoms with van der Waals surface area (Å²) >= 11 is 0. The number of para-hydroxylation sites is 2. The Balaban J connectivity index is 1.45. The van der Waals surface area contributed by atoms with Crippen molar-refractivity contribution in [2.45, 2.75) is 51.6 Å². The zero-order chi connectivity index (χ0) is 28.7.